The summed E-state index contributed by atoms with van der Waals surface area (Å²) in [6.45, 7) is 4.29. The van der Waals surface area contributed by atoms with Crippen molar-refractivity contribution in [3.63, 3.8) is 0 Å². The van der Waals surface area contributed by atoms with Gasteiger partial charge in [-0.25, -0.2) is 4.98 Å². The molecule has 0 bridgehead atoms. The molecular weight excluding hydrogens is 208 g/mol. The van der Waals surface area contributed by atoms with Crippen LogP contribution in [0.1, 0.15) is 22.3 Å². The standard InChI is InChI=1S/C15H18N2/c1-11-3-4-12(2)14(9-11)6-5-13-7-8-17-15(16)10-13/h3-4,7-10H,5-6H2,1-2H3,(H2,16,17). The van der Waals surface area contributed by atoms with Crippen LogP contribution in [0.25, 0.3) is 0 Å². The van der Waals surface area contributed by atoms with Crippen molar-refractivity contribution in [1.29, 1.82) is 0 Å². The van der Waals surface area contributed by atoms with Crippen LogP contribution in [0.5, 0.6) is 0 Å². The van der Waals surface area contributed by atoms with Gasteiger partial charge in [-0.2, -0.15) is 0 Å². The van der Waals surface area contributed by atoms with E-state index in [0.29, 0.717) is 5.82 Å². The molecule has 1 aromatic carbocycles. The molecule has 2 N–H and O–H groups in total. The third kappa shape index (κ3) is 3.06. The molecular formula is C15H18N2. The highest BCUT2D eigenvalue weighted by molar-refractivity contribution is 5.34. The van der Waals surface area contributed by atoms with Crippen LogP contribution in [-0.4, -0.2) is 4.98 Å². The topological polar surface area (TPSA) is 38.9 Å². The molecule has 0 spiro atoms. The van der Waals surface area contributed by atoms with E-state index in [1.165, 1.54) is 22.3 Å². The van der Waals surface area contributed by atoms with E-state index in [-0.39, 0.29) is 0 Å². The molecule has 0 amide bonds. The van der Waals surface area contributed by atoms with Crippen molar-refractivity contribution in [2.75, 3.05) is 5.73 Å². The molecule has 0 unspecified atom stereocenters. The molecule has 2 aromatic rings. The number of aryl methyl sites for hydroxylation is 4. The number of nitrogens with zero attached hydrogens (tertiary/aromatic N) is 1. The Morgan fingerprint density at radius 2 is 1.88 bits per heavy atom. The summed E-state index contributed by atoms with van der Waals surface area (Å²) in [5.41, 5.74) is 11.0. The van der Waals surface area contributed by atoms with E-state index in [1.54, 1.807) is 6.20 Å². The van der Waals surface area contributed by atoms with Gasteiger partial charge in [-0.1, -0.05) is 23.8 Å². The number of aromatic nitrogens is 1. The van der Waals surface area contributed by atoms with Crippen LogP contribution in [0.15, 0.2) is 36.5 Å². The van der Waals surface area contributed by atoms with Crippen molar-refractivity contribution >= 4 is 5.82 Å². The molecule has 17 heavy (non-hydrogen) atoms. The van der Waals surface area contributed by atoms with Crippen LogP contribution in [0.2, 0.25) is 0 Å². The summed E-state index contributed by atoms with van der Waals surface area (Å²) in [7, 11) is 0. The normalized spacial score (nSPS) is 10.5. The summed E-state index contributed by atoms with van der Waals surface area (Å²) in [4.78, 5) is 4.00. The number of nitrogen functional groups attached to an aromatic ring is 1. The van der Waals surface area contributed by atoms with Gasteiger partial charge in [0, 0.05) is 6.20 Å². The molecule has 0 fully saturated rings. The third-order valence-corrected chi connectivity index (χ3v) is 3.03. The second kappa shape index (κ2) is 5.00. The molecule has 88 valence electrons. The molecule has 2 nitrogen and oxygen atoms in total. The number of rotatable bonds is 3. The van der Waals surface area contributed by atoms with E-state index in [2.05, 4.69) is 37.0 Å². The largest absolute Gasteiger partial charge is 0.384 e. The maximum Gasteiger partial charge on any atom is 0.123 e. The highest BCUT2D eigenvalue weighted by Crippen LogP contribution is 2.14. The number of hydrogen-bond acceptors (Lipinski definition) is 2. The minimum atomic E-state index is 0.600. The van der Waals surface area contributed by atoms with E-state index in [0.717, 1.165) is 12.8 Å². The van der Waals surface area contributed by atoms with Gasteiger partial charge in [0.15, 0.2) is 0 Å². The Balaban J connectivity index is 2.09. The fourth-order valence-corrected chi connectivity index (χ4v) is 2.00. The Kier molecular flexibility index (Phi) is 3.43. The fraction of sp³-hybridized carbons (Fsp3) is 0.267. The molecule has 2 rings (SSSR count). The lowest BCUT2D eigenvalue weighted by atomic mass is 9.99. The maximum atomic E-state index is 5.67. The number of pyridine rings is 1. The predicted molar refractivity (Wildman–Crippen MR) is 72.0 cm³/mol. The van der Waals surface area contributed by atoms with Crippen LogP contribution in [0.3, 0.4) is 0 Å². The average molecular weight is 226 g/mol. The number of hydrogen-bond donors (Lipinski definition) is 1. The van der Waals surface area contributed by atoms with Crippen LogP contribution in [0.4, 0.5) is 5.82 Å². The van der Waals surface area contributed by atoms with Gasteiger partial charge in [-0.15, -0.1) is 0 Å². The van der Waals surface area contributed by atoms with E-state index >= 15 is 0 Å². The monoisotopic (exact) mass is 226 g/mol. The third-order valence-electron chi connectivity index (χ3n) is 3.03. The van der Waals surface area contributed by atoms with Crippen LogP contribution >= 0.6 is 0 Å². The SMILES string of the molecule is Cc1ccc(C)c(CCc2ccnc(N)c2)c1. The summed E-state index contributed by atoms with van der Waals surface area (Å²) in [6.07, 6.45) is 3.84. The maximum absolute atomic E-state index is 5.67. The van der Waals surface area contributed by atoms with E-state index in [4.69, 9.17) is 5.73 Å². The lowest BCUT2D eigenvalue weighted by molar-refractivity contribution is 0.943. The van der Waals surface area contributed by atoms with Crippen molar-refractivity contribution in [3.8, 4) is 0 Å². The fourth-order valence-electron chi connectivity index (χ4n) is 2.00. The van der Waals surface area contributed by atoms with Gasteiger partial charge in [0.1, 0.15) is 5.82 Å². The van der Waals surface area contributed by atoms with E-state index in [1.807, 2.05) is 12.1 Å². The first-order valence-electron chi connectivity index (χ1n) is 5.91. The van der Waals surface area contributed by atoms with Gasteiger partial charge >= 0.3 is 0 Å². The molecule has 2 heteroatoms. The van der Waals surface area contributed by atoms with Crippen molar-refractivity contribution in [2.45, 2.75) is 26.7 Å². The quantitative estimate of drug-likeness (QED) is 0.873. The van der Waals surface area contributed by atoms with Crippen LogP contribution in [-0.2, 0) is 12.8 Å². The van der Waals surface area contributed by atoms with E-state index < -0.39 is 0 Å². The lowest BCUT2D eigenvalue weighted by Crippen LogP contribution is -1.97. The Bertz CT molecular complexity index is 518. The lowest BCUT2D eigenvalue weighted by Gasteiger charge is -2.07. The summed E-state index contributed by atoms with van der Waals surface area (Å²) in [5.74, 6) is 0.600. The zero-order valence-electron chi connectivity index (χ0n) is 10.4. The molecule has 1 heterocycles. The molecule has 0 aliphatic carbocycles. The number of benzene rings is 1. The number of nitrogens with two attached hydrogens (primary N) is 1. The van der Waals surface area contributed by atoms with Gasteiger partial charge in [0.2, 0.25) is 0 Å². The summed E-state index contributed by atoms with van der Waals surface area (Å²) in [6, 6.07) is 10.6. The van der Waals surface area contributed by atoms with E-state index in [9.17, 15) is 0 Å². The molecule has 0 aliphatic heterocycles. The van der Waals surface area contributed by atoms with Crippen molar-refractivity contribution in [3.05, 3.63) is 58.8 Å². The zero-order valence-corrected chi connectivity index (χ0v) is 10.4. The Hall–Kier alpha value is -1.83. The Morgan fingerprint density at radius 1 is 1.06 bits per heavy atom. The van der Waals surface area contributed by atoms with Crippen molar-refractivity contribution in [2.24, 2.45) is 0 Å². The molecule has 0 atom stereocenters. The van der Waals surface area contributed by atoms with Gasteiger partial charge < -0.3 is 5.73 Å². The van der Waals surface area contributed by atoms with Gasteiger partial charge in [-0.05, 0) is 55.5 Å². The first kappa shape index (κ1) is 11.6. The molecule has 0 radical (unpaired) electrons. The first-order valence-corrected chi connectivity index (χ1v) is 5.91. The van der Waals surface area contributed by atoms with Crippen LogP contribution in [0, 0.1) is 13.8 Å². The van der Waals surface area contributed by atoms with Crippen molar-refractivity contribution in [1.82, 2.24) is 4.98 Å². The molecule has 0 saturated heterocycles. The van der Waals surface area contributed by atoms with Crippen molar-refractivity contribution < 1.29 is 0 Å². The molecule has 0 aliphatic rings. The second-order valence-electron chi connectivity index (χ2n) is 4.52. The smallest absolute Gasteiger partial charge is 0.123 e. The van der Waals surface area contributed by atoms with Gasteiger partial charge in [0.05, 0.1) is 0 Å². The highest BCUT2D eigenvalue weighted by Gasteiger charge is 2.00. The Labute approximate surface area is 103 Å². The summed E-state index contributed by atoms with van der Waals surface area (Å²) in [5, 5.41) is 0. The summed E-state index contributed by atoms with van der Waals surface area (Å²) < 4.78 is 0. The van der Waals surface area contributed by atoms with Crippen LogP contribution < -0.4 is 5.73 Å². The van der Waals surface area contributed by atoms with Gasteiger partial charge in [0.25, 0.3) is 0 Å². The first-order chi connectivity index (χ1) is 8.15. The average Bonchev–Trinajstić information content (AvgIpc) is 2.30. The minimum Gasteiger partial charge on any atom is -0.384 e. The minimum absolute atomic E-state index is 0.600. The highest BCUT2D eigenvalue weighted by atomic mass is 14.8. The Morgan fingerprint density at radius 3 is 2.65 bits per heavy atom. The molecule has 1 aromatic heterocycles. The number of anilines is 1. The molecule has 0 saturated carbocycles. The predicted octanol–water partition coefficient (Wildman–Crippen LogP) is 3.07. The van der Waals surface area contributed by atoms with Gasteiger partial charge in [-0.3, -0.25) is 0 Å². The summed E-state index contributed by atoms with van der Waals surface area (Å²) >= 11 is 0. The zero-order chi connectivity index (χ0) is 12.3. The second-order valence-corrected chi connectivity index (χ2v) is 4.52.